The Morgan fingerprint density at radius 2 is 1.84 bits per heavy atom. The van der Waals surface area contributed by atoms with E-state index in [0.717, 1.165) is 32.2 Å². The molecule has 0 amide bonds. The summed E-state index contributed by atoms with van der Waals surface area (Å²) in [6.45, 7) is 6.24. The van der Waals surface area contributed by atoms with Gasteiger partial charge in [-0.1, -0.05) is 32.6 Å². The standard InChI is InChI=1S/C16H32N2O/c1-2-18(13-15-10-7-11-19-15)16(12-17)14-8-5-3-4-6-9-14/h14-16H,2-13,17H2,1H3. The molecular formula is C16H32N2O. The van der Waals surface area contributed by atoms with Crippen LogP contribution in [0.25, 0.3) is 0 Å². The Bertz CT molecular complexity index is 233. The zero-order chi connectivity index (χ0) is 13.5. The van der Waals surface area contributed by atoms with Gasteiger partial charge in [-0.2, -0.15) is 0 Å². The van der Waals surface area contributed by atoms with Crippen molar-refractivity contribution in [1.82, 2.24) is 4.90 Å². The van der Waals surface area contributed by atoms with Crippen LogP contribution < -0.4 is 5.73 Å². The first kappa shape index (κ1) is 15.3. The summed E-state index contributed by atoms with van der Waals surface area (Å²) in [5.41, 5.74) is 6.12. The average Bonchev–Trinajstić information content (AvgIpc) is 2.80. The number of likely N-dealkylation sites (N-methyl/N-ethyl adjacent to an activating group) is 1. The van der Waals surface area contributed by atoms with Gasteiger partial charge in [0.1, 0.15) is 0 Å². The first-order chi connectivity index (χ1) is 9.35. The third-order valence-corrected chi connectivity index (χ3v) is 5.02. The van der Waals surface area contributed by atoms with E-state index in [4.69, 9.17) is 10.5 Å². The Balaban J connectivity index is 1.91. The van der Waals surface area contributed by atoms with Crippen molar-refractivity contribution in [2.24, 2.45) is 11.7 Å². The fourth-order valence-electron chi connectivity index (χ4n) is 3.88. The van der Waals surface area contributed by atoms with Crippen LogP contribution in [-0.4, -0.2) is 43.3 Å². The Morgan fingerprint density at radius 1 is 1.11 bits per heavy atom. The maximum atomic E-state index is 6.12. The lowest BCUT2D eigenvalue weighted by molar-refractivity contribution is 0.0454. The maximum Gasteiger partial charge on any atom is 0.0702 e. The lowest BCUT2D eigenvalue weighted by Crippen LogP contribution is -2.48. The summed E-state index contributed by atoms with van der Waals surface area (Å²) in [6.07, 6.45) is 11.3. The summed E-state index contributed by atoms with van der Waals surface area (Å²) < 4.78 is 5.81. The van der Waals surface area contributed by atoms with E-state index in [-0.39, 0.29) is 0 Å². The highest BCUT2D eigenvalue weighted by atomic mass is 16.5. The first-order valence-corrected chi connectivity index (χ1v) is 8.40. The summed E-state index contributed by atoms with van der Waals surface area (Å²) >= 11 is 0. The van der Waals surface area contributed by atoms with Crippen molar-refractivity contribution >= 4 is 0 Å². The van der Waals surface area contributed by atoms with Gasteiger partial charge in [0.2, 0.25) is 0 Å². The highest BCUT2D eigenvalue weighted by Gasteiger charge is 2.28. The molecule has 0 bridgehead atoms. The van der Waals surface area contributed by atoms with Crippen LogP contribution in [0, 0.1) is 5.92 Å². The molecule has 2 unspecified atom stereocenters. The topological polar surface area (TPSA) is 38.5 Å². The Morgan fingerprint density at radius 3 is 2.37 bits per heavy atom. The van der Waals surface area contributed by atoms with E-state index in [9.17, 15) is 0 Å². The van der Waals surface area contributed by atoms with Crippen molar-refractivity contribution < 1.29 is 4.74 Å². The van der Waals surface area contributed by atoms with Gasteiger partial charge in [0, 0.05) is 25.7 Å². The minimum absolute atomic E-state index is 0.458. The second kappa shape index (κ2) is 8.23. The van der Waals surface area contributed by atoms with Crippen LogP contribution in [0.3, 0.4) is 0 Å². The van der Waals surface area contributed by atoms with E-state index in [1.165, 1.54) is 51.4 Å². The molecule has 1 saturated heterocycles. The molecule has 112 valence electrons. The maximum absolute atomic E-state index is 6.12. The molecule has 1 saturated carbocycles. The van der Waals surface area contributed by atoms with Gasteiger partial charge in [-0.25, -0.2) is 0 Å². The Hall–Kier alpha value is -0.120. The van der Waals surface area contributed by atoms with Gasteiger partial charge in [-0.3, -0.25) is 4.90 Å². The Kier molecular flexibility index (Phi) is 6.62. The lowest BCUT2D eigenvalue weighted by Gasteiger charge is -2.37. The van der Waals surface area contributed by atoms with Gasteiger partial charge in [-0.15, -0.1) is 0 Å². The lowest BCUT2D eigenvalue weighted by atomic mass is 9.90. The van der Waals surface area contributed by atoms with Crippen LogP contribution in [0.15, 0.2) is 0 Å². The molecule has 0 aromatic heterocycles. The van der Waals surface area contributed by atoms with Gasteiger partial charge in [0.05, 0.1) is 6.10 Å². The van der Waals surface area contributed by atoms with E-state index in [2.05, 4.69) is 11.8 Å². The number of ether oxygens (including phenoxy) is 1. The quantitative estimate of drug-likeness (QED) is 0.753. The SMILES string of the molecule is CCN(CC1CCCO1)C(CN)C1CCCCCC1. The van der Waals surface area contributed by atoms with Crippen molar-refractivity contribution in [3.63, 3.8) is 0 Å². The number of hydrogen-bond acceptors (Lipinski definition) is 3. The van der Waals surface area contributed by atoms with Crippen molar-refractivity contribution in [2.75, 3.05) is 26.2 Å². The summed E-state index contributed by atoms with van der Waals surface area (Å²) in [5.74, 6) is 0.814. The third-order valence-electron chi connectivity index (χ3n) is 5.02. The van der Waals surface area contributed by atoms with E-state index >= 15 is 0 Å². The molecule has 2 atom stereocenters. The monoisotopic (exact) mass is 268 g/mol. The Labute approximate surface area is 118 Å². The number of hydrogen-bond donors (Lipinski definition) is 1. The predicted octanol–water partition coefficient (Wildman–Crippen LogP) is 2.79. The van der Waals surface area contributed by atoms with Crippen LogP contribution in [-0.2, 0) is 4.74 Å². The number of rotatable bonds is 6. The summed E-state index contributed by atoms with van der Waals surface area (Å²) in [5, 5.41) is 0. The molecule has 0 spiro atoms. The molecule has 2 aliphatic rings. The highest BCUT2D eigenvalue weighted by molar-refractivity contribution is 4.83. The van der Waals surface area contributed by atoms with Crippen molar-refractivity contribution in [1.29, 1.82) is 0 Å². The van der Waals surface area contributed by atoms with Crippen LogP contribution in [0.2, 0.25) is 0 Å². The molecule has 0 radical (unpaired) electrons. The van der Waals surface area contributed by atoms with Gasteiger partial charge in [-0.05, 0) is 38.1 Å². The molecular weight excluding hydrogens is 236 g/mol. The minimum atomic E-state index is 0.458. The largest absolute Gasteiger partial charge is 0.377 e. The molecule has 3 nitrogen and oxygen atoms in total. The molecule has 1 aliphatic heterocycles. The summed E-state index contributed by atoms with van der Waals surface area (Å²) in [7, 11) is 0. The molecule has 2 rings (SSSR count). The van der Waals surface area contributed by atoms with Crippen LogP contribution in [0.1, 0.15) is 58.3 Å². The van der Waals surface area contributed by atoms with E-state index in [1.807, 2.05) is 0 Å². The fraction of sp³-hybridized carbons (Fsp3) is 1.00. The second-order valence-corrected chi connectivity index (χ2v) is 6.28. The van der Waals surface area contributed by atoms with Gasteiger partial charge in [0.25, 0.3) is 0 Å². The molecule has 19 heavy (non-hydrogen) atoms. The molecule has 3 heteroatoms. The normalized spacial score (nSPS) is 27.6. The average molecular weight is 268 g/mol. The van der Waals surface area contributed by atoms with Crippen LogP contribution in [0.4, 0.5) is 0 Å². The number of nitrogens with zero attached hydrogens (tertiary/aromatic N) is 1. The van der Waals surface area contributed by atoms with Crippen LogP contribution in [0.5, 0.6) is 0 Å². The first-order valence-electron chi connectivity index (χ1n) is 8.40. The minimum Gasteiger partial charge on any atom is -0.377 e. The highest BCUT2D eigenvalue weighted by Crippen LogP contribution is 2.28. The second-order valence-electron chi connectivity index (χ2n) is 6.28. The molecule has 1 aliphatic carbocycles. The van der Waals surface area contributed by atoms with Gasteiger partial charge >= 0.3 is 0 Å². The van der Waals surface area contributed by atoms with E-state index < -0.39 is 0 Å². The van der Waals surface area contributed by atoms with Crippen LogP contribution >= 0.6 is 0 Å². The van der Waals surface area contributed by atoms with Crippen molar-refractivity contribution in [3.8, 4) is 0 Å². The third kappa shape index (κ3) is 4.44. The summed E-state index contributed by atoms with van der Waals surface area (Å²) in [4.78, 5) is 2.60. The molecule has 0 aromatic carbocycles. The smallest absolute Gasteiger partial charge is 0.0702 e. The molecule has 2 fully saturated rings. The molecule has 2 N–H and O–H groups in total. The molecule has 1 heterocycles. The zero-order valence-electron chi connectivity index (χ0n) is 12.7. The van der Waals surface area contributed by atoms with Gasteiger partial charge in [0.15, 0.2) is 0 Å². The van der Waals surface area contributed by atoms with E-state index in [1.54, 1.807) is 0 Å². The fourth-order valence-corrected chi connectivity index (χ4v) is 3.88. The zero-order valence-corrected chi connectivity index (χ0v) is 12.7. The van der Waals surface area contributed by atoms with E-state index in [0.29, 0.717) is 12.1 Å². The van der Waals surface area contributed by atoms with Gasteiger partial charge < -0.3 is 10.5 Å². The predicted molar refractivity (Wildman–Crippen MR) is 80.3 cm³/mol. The van der Waals surface area contributed by atoms with Crippen molar-refractivity contribution in [3.05, 3.63) is 0 Å². The molecule has 0 aromatic rings. The number of nitrogens with two attached hydrogens (primary N) is 1. The summed E-state index contributed by atoms with van der Waals surface area (Å²) in [6, 6.07) is 0.576. The van der Waals surface area contributed by atoms with Crippen molar-refractivity contribution in [2.45, 2.75) is 70.4 Å².